The number of amides is 2. The summed E-state index contributed by atoms with van der Waals surface area (Å²) >= 11 is 0. The summed E-state index contributed by atoms with van der Waals surface area (Å²) in [5.41, 5.74) is 6.62. The summed E-state index contributed by atoms with van der Waals surface area (Å²) in [6, 6.07) is 0.444. The molecular weight excluding hydrogens is 278 g/mol. The molecule has 2 amide bonds. The highest BCUT2D eigenvalue weighted by molar-refractivity contribution is 5.81. The molecule has 1 saturated carbocycles. The molecule has 5 heteroatoms. The zero-order valence-corrected chi connectivity index (χ0v) is 13.3. The maximum absolute atomic E-state index is 12.8. The first-order chi connectivity index (χ1) is 10.6. The first-order valence-electron chi connectivity index (χ1n) is 8.68. The molecule has 0 bridgehead atoms. The number of nitrogens with zero attached hydrogens (tertiary/aromatic N) is 2. The topological polar surface area (TPSA) is 66.6 Å². The molecular formula is C17H27N3O2. The zero-order valence-electron chi connectivity index (χ0n) is 13.3. The fourth-order valence-electron chi connectivity index (χ4n) is 3.61. The Labute approximate surface area is 132 Å². The molecule has 0 aromatic rings. The molecule has 1 saturated heterocycles. The van der Waals surface area contributed by atoms with Crippen LogP contribution in [-0.4, -0.2) is 47.3 Å². The van der Waals surface area contributed by atoms with Crippen LogP contribution < -0.4 is 5.73 Å². The Balaban J connectivity index is 1.56. The van der Waals surface area contributed by atoms with Gasteiger partial charge in [-0.05, 0) is 64.5 Å². The van der Waals surface area contributed by atoms with E-state index in [1.54, 1.807) is 0 Å². The average Bonchev–Trinajstić information content (AvgIpc) is 3.34. The predicted octanol–water partition coefficient (Wildman–Crippen LogP) is 1.63. The zero-order chi connectivity index (χ0) is 15.5. The standard InChI is InChI=1S/C17H27N3O2/c18-17(22)13-8-10-19(11-9-13)12-16(21)20(15-6-7-15)14-4-2-1-3-5-14/h4,13,15H,1-3,5-12H2,(H2,18,22). The first-order valence-corrected chi connectivity index (χ1v) is 8.68. The quantitative estimate of drug-likeness (QED) is 0.839. The Bertz CT molecular complexity index is 463. The Morgan fingerprint density at radius 3 is 2.45 bits per heavy atom. The highest BCUT2D eigenvalue weighted by Gasteiger charge is 2.36. The lowest BCUT2D eigenvalue weighted by Gasteiger charge is -2.33. The Hall–Kier alpha value is -1.36. The van der Waals surface area contributed by atoms with Crippen molar-refractivity contribution in [2.75, 3.05) is 19.6 Å². The molecule has 5 nitrogen and oxygen atoms in total. The van der Waals surface area contributed by atoms with Crippen molar-refractivity contribution >= 4 is 11.8 Å². The largest absolute Gasteiger partial charge is 0.369 e. The van der Waals surface area contributed by atoms with E-state index < -0.39 is 0 Å². The minimum absolute atomic E-state index is 0.00746. The van der Waals surface area contributed by atoms with E-state index in [-0.39, 0.29) is 17.7 Å². The van der Waals surface area contributed by atoms with Gasteiger partial charge >= 0.3 is 0 Å². The third kappa shape index (κ3) is 3.69. The van der Waals surface area contributed by atoms with Crippen LogP contribution in [0.25, 0.3) is 0 Å². The lowest BCUT2D eigenvalue weighted by atomic mass is 9.96. The van der Waals surface area contributed by atoms with E-state index in [1.807, 2.05) is 0 Å². The minimum Gasteiger partial charge on any atom is -0.369 e. The van der Waals surface area contributed by atoms with E-state index in [0.29, 0.717) is 12.6 Å². The van der Waals surface area contributed by atoms with Crippen molar-refractivity contribution in [3.8, 4) is 0 Å². The fraction of sp³-hybridized carbons (Fsp3) is 0.765. The van der Waals surface area contributed by atoms with E-state index >= 15 is 0 Å². The number of carbonyl (C=O) groups is 2. The molecule has 3 aliphatic rings. The van der Waals surface area contributed by atoms with Gasteiger partial charge in [0.05, 0.1) is 6.54 Å². The van der Waals surface area contributed by atoms with Gasteiger partial charge in [-0.1, -0.05) is 6.08 Å². The molecule has 122 valence electrons. The summed E-state index contributed by atoms with van der Waals surface area (Å²) in [6.07, 6.45) is 10.7. The van der Waals surface area contributed by atoms with Gasteiger partial charge in [-0.3, -0.25) is 14.5 Å². The van der Waals surface area contributed by atoms with Crippen LogP contribution in [0.1, 0.15) is 51.4 Å². The number of likely N-dealkylation sites (tertiary alicyclic amines) is 1. The second-order valence-corrected chi connectivity index (χ2v) is 6.89. The first kappa shape index (κ1) is 15.5. The number of nitrogens with two attached hydrogens (primary N) is 1. The van der Waals surface area contributed by atoms with E-state index in [4.69, 9.17) is 5.73 Å². The molecule has 0 unspecified atom stereocenters. The van der Waals surface area contributed by atoms with Crippen molar-refractivity contribution in [1.82, 2.24) is 9.80 Å². The van der Waals surface area contributed by atoms with Gasteiger partial charge in [0.15, 0.2) is 0 Å². The van der Waals surface area contributed by atoms with Gasteiger partial charge in [0.1, 0.15) is 0 Å². The second-order valence-electron chi connectivity index (χ2n) is 6.89. The Kier molecular flexibility index (Phi) is 4.81. The minimum atomic E-state index is -0.196. The lowest BCUT2D eigenvalue weighted by molar-refractivity contribution is -0.131. The Morgan fingerprint density at radius 1 is 1.18 bits per heavy atom. The van der Waals surface area contributed by atoms with E-state index in [1.165, 1.54) is 18.5 Å². The van der Waals surface area contributed by atoms with Crippen LogP contribution in [0.3, 0.4) is 0 Å². The highest BCUT2D eigenvalue weighted by Crippen LogP contribution is 2.34. The summed E-state index contributed by atoms with van der Waals surface area (Å²) in [5.74, 6) is 0.0399. The number of hydrogen-bond donors (Lipinski definition) is 1. The maximum Gasteiger partial charge on any atom is 0.241 e. The summed E-state index contributed by atoms with van der Waals surface area (Å²) in [4.78, 5) is 28.2. The van der Waals surface area contributed by atoms with E-state index in [9.17, 15) is 9.59 Å². The molecule has 2 N–H and O–H groups in total. The van der Waals surface area contributed by atoms with Crippen LogP contribution in [0.4, 0.5) is 0 Å². The van der Waals surface area contributed by atoms with E-state index in [0.717, 1.165) is 51.6 Å². The van der Waals surface area contributed by atoms with Crippen molar-refractivity contribution in [3.63, 3.8) is 0 Å². The monoisotopic (exact) mass is 305 g/mol. The predicted molar refractivity (Wildman–Crippen MR) is 84.8 cm³/mol. The van der Waals surface area contributed by atoms with Crippen LogP contribution in [0.5, 0.6) is 0 Å². The van der Waals surface area contributed by atoms with Gasteiger partial charge in [0, 0.05) is 17.7 Å². The number of hydrogen-bond acceptors (Lipinski definition) is 3. The molecule has 0 aromatic heterocycles. The van der Waals surface area contributed by atoms with E-state index in [2.05, 4.69) is 15.9 Å². The second kappa shape index (κ2) is 6.82. The number of allylic oxidation sites excluding steroid dienone is 2. The molecule has 22 heavy (non-hydrogen) atoms. The van der Waals surface area contributed by atoms with Gasteiger partial charge in [-0.15, -0.1) is 0 Å². The molecule has 0 atom stereocenters. The lowest BCUT2D eigenvalue weighted by Crippen LogP contribution is -2.45. The third-order valence-corrected chi connectivity index (χ3v) is 5.11. The van der Waals surface area contributed by atoms with Crippen molar-refractivity contribution < 1.29 is 9.59 Å². The highest BCUT2D eigenvalue weighted by atomic mass is 16.2. The number of carbonyl (C=O) groups excluding carboxylic acids is 2. The number of rotatable bonds is 5. The van der Waals surface area contributed by atoms with Gasteiger partial charge in [-0.25, -0.2) is 0 Å². The molecule has 2 aliphatic carbocycles. The third-order valence-electron chi connectivity index (χ3n) is 5.11. The smallest absolute Gasteiger partial charge is 0.241 e. The summed E-state index contributed by atoms with van der Waals surface area (Å²) in [5, 5.41) is 0. The molecule has 0 radical (unpaired) electrons. The Morgan fingerprint density at radius 2 is 1.91 bits per heavy atom. The molecule has 1 aliphatic heterocycles. The van der Waals surface area contributed by atoms with Crippen LogP contribution in [0.15, 0.2) is 11.8 Å². The molecule has 0 spiro atoms. The van der Waals surface area contributed by atoms with Gasteiger partial charge in [0.2, 0.25) is 11.8 Å². The number of piperidine rings is 1. The van der Waals surface area contributed by atoms with Crippen molar-refractivity contribution in [2.24, 2.45) is 11.7 Å². The maximum atomic E-state index is 12.8. The van der Waals surface area contributed by atoms with Crippen LogP contribution in [-0.2, 0) is 9.59 Å². The average molecular weight is 305 g/mol. The summed E-state index contributed by atoms with van der Waals surface area (Å²) in [6.45, 7) is 2.09. The van der Waals surface area contributed by atoms with Gasteiger partial charge < -0.3 is 10.6 Å². The number of primary amides is 1. The summed E-state index contributed by atoms with van der Waals surface area (Å²) < 4.78 is 0. The SMILES string of the molecule is NC(=O)C1CCN(CC(=O)N(C2=CCCCC2)C2CC2)CC1. The van der Waals surface area contributed by atoms with Gasteiger partial charge in [-0.2, -0.15) is 0 Å². The van der Waals surface area contributed by atoms with Crippen LogP contribution in [0.2, 0.25) is 0 Å². The van der Waals surface area contributed by atoms with Crippen molar-refractivity contribution in [3.05, 3.63) is 11.8 Å². The summed E-state index contributed by atoms with van der Waals surface area (Å²) in [7, 11) is 0. The van der Waals surface area contributed by atoms with Crippen LogP contribution >= 0.6 is 0 Å². The molecule has 0 aromatic carbocycles. The molecule has 1 heterocycles. The van der Waals surface area contributed by atoms with Crippen LogP contribution in [0, 0.1) is 5.92 Å². The normalized spacial score (nSPS) is 23.9. The molecule has 2 fully saturated rings. The van der Waals surface area contributed by atoms with Gasteiger partial charge in [0.25, 0.3) is 0 Å². The molecule has 3 rings (SSSR count). The van der Waals surface area contributed by atoms with Crippen molar-refractivity contribution in [2.45, 2.75) is 57.4 Å². The van der Waals surface area contributed by atoms with Crippen molar-refractivity contribution in [1.29, 1.82) is 0 Å². The fourth-order valence-corrected chi connectivity index (χ4v) is 3.61.